The molecule has 1 aliphatic heterocycles. The average Bonchev–Trinajstić information content (AvgIpc) is 2.53. The summed E-state index contributed by atoms with van der Waals surface area (Å²) in [5.74, 6) is -0.198. The SMILES string of the molecule is COC(=O)[C@H]1CCCN(CCC(=O)Nc2ccccc2)C1. The Labute approximate surface area is 125 Å². The Morgan fingerprint density at radius 2 is 2.10 bits per heavy atom. The number of hydrogen-bond acceptors (Lipinski definition) is 4. The van der Waals surface area contributed by atoms with Crippen LogP contribution < -0.4 is 5.32 Å². The van der Waals surface area contributed by atoms with E-state index in [-0.39, 0.29) is 17.8 Å². The number of methoxy groups -OCH3 is 1. The fraction of sp³-hybridized carbons (Fsp3) is 0.500. The average molecular weight is 290 g/mol. The van der Waals surface area contributed by atoms with Crippen LogP contribution in [0.4, 0.5) is 5.69 Å². The molecule has 114 valence electrons. The first-order valence-electron chi connectivity index (χ1n) is 7.34. The zero-order chi connectivity index (χ0) is 15.1. The predicted octanol–water partition coefficient (Wildman–Crippen LogP) is 1.90. The van der Waals surface area contributed by atoms with Crippen LogP contribution in [0.2, 0.25) is 0 Å². The minimum atomic E-state index is -0.145. The van der Waals surface area contributed by atoms with E-state index < -0.39 is 0 Å². The highest BCUT2D eigenvalue weighted by Gasteiger charge is 2.26. The largest absolute Gasteiger partial charge is 0.469 e. The van der Waals surface area contributed by atoms with Crippen LogP contribution in [0.3, 0.4) is 0 Å². The number of likely N-dealkylation sites (tertiary alicyclic amines) is 1. The highest BCUT2D eigenvalue weighted by atomic mass is 16.5. The number of piperidine rings is 1. The highest BCUT2D eigenvalue weighted by molar-refractivity contribution is 5.90. The van der Waals surface area contributed by atoms with E-state index in [1.165, 1.54) is 7.11 Å². The maximum Gasteiger partial charge on any atom is 0.309 e. The number of rotatable bonds is 5. The zero-order valence-corrected chi connectivity index (χ0v) is 12.4. The van der Waals surface area contributed by atoms with Crippen molar-refractivity contribution in [3.05, 3.63) is 30.3 Å². The first-order chi connectivity index (χ1) is 10.2. The Bertz CT molecular complexity index is 476. The molecule has 1 amide bonds. The number of nitrogens with one attached hydrogen (secondary N) is 1. The van der Waals surface area contributed by atoms with Crippen LogP contribution in [0.5, 0.6) is 0 Å². The molecule has 0 unspecified atom stereocenters. The number of benzene rings is 1. The summed E-state index contributed by atoms with van der Waals surface area (Å²) >= 11 is 0. The molecule has 0 saturated carbocycles. The van der Waals surface area contributed by atoms with Crippen LogP contribution in [0.15, 0.2) is 30.3 Å². The Morgan fingerprint density at radius 3 is 2.81 bits per heavy atom. The van der Waals surface area contributed by atoms with Crippen LogP contribution in [0, 0.1) is 5.92 Å². The third-order valence-corrected chi connectivity index (χ3v) is 3.75. The quantitative estimate of drug-likeness (QED) is 0.842. The highest BCUT2D eigenvalue weighted by Crippen LogP contribution is 2.17. The number of nitrogens with zero attached hydrogens (tertiary/aromatic N) is 1. The van der Waals surface area contributed by atoms with Crippen molar-refractivity contribution < 1.29 is 14.3 Å². The Balaban J connectivity index is 1.75. The van der Waals surface area contributed by atoms with E-state index in [9.17, 15) is 9.59 Å². The molecule has 5 heteroatoms. The molecule has 0 aromatic heterocycles. The first-order valence-corrected chi connectivity index (χ1v) is 7.34. The lowest BCUT2D eigenvalue weighted by atomic mass is 9.98. The number of amides is 1. The monoisotopic (exact) mass is 290 g/mol. The maximum absolute atomic E-state index is 11.9. The summed E-state index contributed by atoms with van der Waals surface area (Å²) in [6.07, 6.45) is 2.28. The summed E-state index contributed by atoms with van der Waals surface area (Å²) in [6.45, 7) is 2.30. The lowest BCUT2D eigenvalue weighted by Gasteiger charge is -2.30. The molecular weight excluding hydrogens is 268 g/mol. The normalized spacial score (nSPS) is 19.0. The maximum atomic E-state index is 11.9. The molecule has 1 N–H and O–H groups in total. The Hall–Kier alpha value is -1.88. The van der Waals surface area contributed by atoms with Crippen LogP contribution in [-0.2, 0) is 14.3 Å². The van der Waals surface area contributed by atoms with Gasteiger partial charge in [-0.15, -0.1) is 0 Å². The van der Waals surface area contributed by atoms with Gasteiger partial charge in [0.25, 0.3) is 0 Å². The number of carbonyl (C=O) groups is 2. The van der Waals surface area contributed by atoms with Gasteiger partial charge < -0.3 is 15.0 Å². The van der Waals surface area contributed by atoms with Gasteiger partial charge in [0.05, 0.1) is 13.0 Å². The lowest BCUT2D eigenvalue weighted by Crippen LogP contribution is -2.40. The molecule has 5 nitrogen and oxygen atoms in total. The molecule has 1 aliphatic rings. The van der Waals surface area contributed by atoms with E-state index >= 15 is 0 Å². The van der Waals surface area contributed by atoms with Crippen LogP contribution in [0.1, 0.15) is 19.3 Å². The second-order valence-electron chi connectivity index (χ2n) is 5.33. The van der Waals surface area contributed by atoms with Gasteiger partial charge in [-0.05, 0) is 31.5 Å². The summed E-state index contributed by atoms with van der Waals surface area (Å²) < 4.78 is 4.80. The Kier molecular flexibility index (Phi) is 5.75. The number of hydrogen-bond donors (Lipinski definition) is 1. The molecule has 0 spiro atoms. The van der Waals surface area contributed by atoms with Crippen molar-refractivity contribution in [3.8, 4) is 0 Å². The van der Waals surface area contributed by atoms with Crippen molar-refractivity contribution >= 4 is 17.6 Å². The number of esters is 1. The number of para-hydroxylation sites is 1. The van der Waals surface area contributed by atoms with Crippen molar-refractivity contribution in [3.63, 3.8) is 0 Å². The van der Waals surface area contributed by atoms with Crippen molar-refractivity contribution in [1.82, 2.24) is 4.90 Å². The van der Waals surface area contributed by atoms with Gasteiger partial charge in [-0.2, -0.15) is 0 Å². The lowest BCUT2D eigenvalue weighted by molar-refractivity contribution is -0.147. The van der Waals surface area contributed by atoms with Gasteiger partial charge in [0.1, 0.15) is 0 Å². The van der Waals surface area contributed by atoms with E-state index in [1.54, 1.807) is 0 Å². The second-order valence-corrected chi connectivity index (χ2v) is 5.33. The van der Waals surface area contributed by atoms with E-state index in [1.807, 2.05) is 30.3 Å². The van der Waals surface area contributed by atoms with Crippen LogP contribution in [-0.4, -0.2) is 43.5 Å². The molecule has 0 bridgehead atoms. The molecule has 21 heavy (non-hydrogen) atoms. The molecule has 1 heterocycles. The molecular formula is C16H22N2O3. The minimum Gasteiger partial charge on any atom is -0.469 e. The summed E-state index contributed by atoms with van der Waals surface area (Å²) in [5, 5.41) is 2.87. The van der Waals surface area contributed by atoms with Gasteiger partial charge >= 0.3 is 5.97 Å². The summed E-state index contributed by atoms with van der Waals surface area (Å²) in [6, 6.07) is 9.43. The number of carbonyl (C=O) groups excluding carboxylic acids is 2. The molecule has 0 radical (unpaired) electrons. The van der Waals surface area contributed by atoms with E-state index in [4.69, 9.17) is 4.74 Å². The zero-order valence-electron chi connectivity index (χ0n) is 12.4. The summed E-state index contributed by atoms with van der Waals surface area (Å²) in [7, 11) is 1.43. The van der Waals surface area contributed by atoms with E-state index in [2.05, 4.69) is 10.2 Å². The van der Waals surface area contributed by atoms with Gasteiger partial charge in [0, 0.05) is 25.2 Å². The number of anilines is 1. The van der Waals surface area contributed by atoms with Crippen LogP contribution >= 0.6 is 0 Å². The molecule has 1 aromatic rings. The topological polar surface area (TPSA) is 58.6 Å². The number of ether oxygens (including phenoxy) is 1. The molecule has 1 saturated heterocycles. The standard InChI is InChI=1S/C16H22N2O3/c1-21-16(20)13-6-5-10-18(12-13)11-9-15(19)17-14-7-3-2-4-8-14/h2-4,7-8,13H,5-6,9-12H2,1H3,(H,17,19)/t13-/m0/s1. The van der Waals surface area contributed by atoms with Crippen molar-refractivity contribution in [1.29, 1.82) is 0 Å². The third kappa shape index (κ3) is 4.86. The molecule has 1 aromatic carbocycles. The third-order valence-electron chi connectivity index (χ3n) is 3.75. The van der Waals surface area contributed by atoms with Gasteiger partial charge in [-0.25, -0.2) is 0 Å². The first kappa shape index (κ1) is 15.5. The Morgan fingerprint density at radius 1 is 1.33 bits per heavy atom. The molecule has 1 fully saturated rings. The van der Waals surface area contributed by atoms with Crippen molar-refractivity contribution in [2.45, 2.75) is 19.3 Å². The fourth-order valence-electron chi connectivity index (χ4n) is 2.62. The van der Waals surface area contributed by atoms with Crippen molar-refractivity contribution in [2.75, 3.05) is 32.1 Å². The second kappa shape index (κ2) is 7.78. The summed E-state index contributed by atoms with van der Waals surface area (Å²) in [4.78, 5) is 25.6. The minimum absolute atomic E-state index is 0.00129. The van der Waals surface area contributed by atoms with E-state index in [0.29, 0.717) is 19.5 Å². The molecule has 1 atom stereocenters. The molecule has 2 rings (SSSR count). The van der Waals surface area contributed by atoms with Crippen molar-refractivity contribution in [2.24, 2.45) is 5.92 Å². The van der Waals surface area contributed by atoms with Gasteiger partial charge in [0.15, 0.2) is 0 Å². The van der Waals surface area contributed by atoms with Gasteiger partial charge in [-0.1, -0.05) is 18.2 Å². The van der Waals surface area contributed by atoms with Crippen LogP contribution in [0.25, 0.3) is 0 Å². The van der Waals surface area contributed by atoms with Gasteiger partial charge in [-0.3, -0.25) is 9.59 Å². The van der Waals surface area contributed by atoms with E-state index in [0.717, 1.165) is 25.1 Å². The summed E-state index contributed by atoms with van der Waals surface area (Å²) in [5.41, 5.74) is 0.814. The smallest absolute Gasteiger partial charge is 0.309 e. The predicted molar refractivity (Wildman–Crippen MR) is 80.9 cm³/mol. The van der Waals surface area contributed by atoms with Gasteiger partial charge in [0.2, 0.25) is 5.91 Å². The molecule has 0 aliphatic carbocycles. The fourth-order valence-corrected chi connectivity index (χ4v) is 2.62.